The minimum absolute atomic E-state index is 0.176. The number of benzene rings is 1. The summed E-state index contributed by atoms with van der Waals surface area (Å²) >= 11 is 0. The van der Waals surface area contributed by atoms with Gasteiger partial charge in [0.05, 0.1) is 4.92 Å². The van der Waals surface area contributed by atoms with Crippen LogP contribution in [0.4, 0.5) is 11.4 Å². The summed E-state index contributed by atoms with van der Waals surface area (Å²) in [5.74, 6) is 0.841. The lowest BCUT2D eigenvalue weighted by Crippen LogP contribution is -2.26. The molecule has 0 amide bonds. The Morgan fingerprint density at radius 2 is 1.94 bits per heavy atom. The predicted octanol–water partition coefficient (Wildman–Crippen LogP) is 3.98. The van der Waals surface area contributed by atoms with Gasteiger partial charge in [-0.15, -0.1) is 0 Å². The van der Waals surface area contributed by atoms with Gasteiger partial charge in [0.2, 0.25) is 0 Å². The first-order chi connectivity index (χ1) is 8.70. The second kappa shape index (κ2) is 5.85. The van der Waals surface area contributed by atoms with Gasteiger partial charge in [-0.1, -0.05) is 25.5 Å². The normalized spacial score (nSPS) is 23.6. The van der Waals surface area contributed by atoms with E-state index in [2.05, 4.69) is 12.2 Å². The molecule has 4 heteroatoms. The number of nitrogens with zero attached hydrogens (tertiary/aromatic N) is 1. The zero-order chi connectivity index (χ0) is 13.0. The van der Waals surface area contributed by atoms with Crippen molar-refractivity contribution in [1.29, 1.82) is 0 Å². The number of hydrogen-bond acceptors (Lipinski definition) is 3. The Labute approximate surface area is 108 Å². The molecule has 1 aliphatic carbocycles. The highest BCUT2D eigenvalue weighted by Crippen LogP contribution is 2.31. The van der Waals surface area contributed by atoms with Crippen LogP contribution in [-0.2, 0) is 0 Å². The first-order valence-corrected chi connectivity index (χ1v) is 6.70. The lowest BCUT2D eigenvalue weighted by molar-refractivity contribution is -0.384. The van der Waals surface area contributed by atoms with Crippen LogP contribution in [-0.4, -0.2) is 11.0 Å². The maximum Gasteiger partial charge on any atom is 0.292 e. The molecule has 2 rings (SSSR count). The molecule has 98 valence electrons. The predicted molar refractivity (Wildman–Crippen MR) is 72.8 cm³/mol. The average molecular weight is 248 g/mol. The fraction of sp³-hybridized carbons (Fsp3) is 0.571. The summed E-state index contributed by atoms with van der Waals surface area (Å²) in [5.41, 5.74) is 0.831. The second-order valence-electron chi connectivity index (χ2n) is 5.04. The number of para-hydroxylation sites is 2. The van der Waals surface area contributed by atoms with Crippen LogP contribution in [0.5, 0.6) is 0 Å². The lowest BCUT2D eigenvalue weighted by Gasteiger charge is -2.28. The number of nitro groups is 1. The molecule has 0 bridgehead atoms. The topological polar surface area (TPSA) is 55.2 Å². The number of nitro benzene ring substituents is 1. The Morgan fingerprint density at radius 1 is 1.28 bits per heavy atom. The minimum Gasteiger partial charge on any atom is -0.377 e. The van der Waals surface area contributed by atoms with Crippen molar-refractivity contribution in [3.63, 3.8) is 0 Å². The van der Waals surface area contributed by atoms with Gasteiger partial charge in [0, 0.05) is 12.1 Å². The number of rotatable bonds is 4. The number of anilines is 1. The van der Waals surface area contributed by atoms with Gasteiger partial charge in [-0.2, -0.15) is 0 Å². The number of hydrogen-bond donors (Lipinski definition) is 1. The third-order valence-corrected chi connectivity index (χ3v) is 3.88. The van der Waals surface area contributed by atoms with Crippen molar-refractivity contribution in [3.8, 4) is 0 Å². The molecular formula is C14H20N2O2. The van der Waals surface area contributed by atoms with Gasteiger partial charge in [-0.3, -0.25) is 10.1 Å². The first-order valence-electron chi connectivity index (χ1n) is 6.70. The Hall–Kier alpha value is -1.58. The monoisotopic (exact) mass is 248 g/mol. The zero-order valence-electron chi connectivity index (χ0n) is 10.8. The van der Waals surface area contributed by atoms with Gasteiger partial charge in [-0.05, 0) is 37.7 Å². The van der Waals surface area contributed by atoms with E-state index in [4.69, 9.17) is 0 Å². The van der Waals surface area contributed by atoms with E-state index in [1.54, 1.807) is 18.2 Å². The van der Waals surface area contributed by atoms with E-state index in [9.17, 15) is 10.1 Å². The van der Waals surface area contributed by atoms with Crippen molar-refractivity contribution in [3.05, 3.63) is 34.4 Å². The molecule has 1 aromatic rings. The fourth-order valence-corrected chi connectivity index (χ4v) is 2.69. The lowest BCUT2D eigenvalue weighted by atomic mass is 9.84. The van der Waals surface area contributed by atoms with E-state index >= 15 is 0 Å². The first kappa shape index (κ1) is 12.9. The van der Waals surface area contributed by atoms with Crippen molar-refractivity contribution in [2.75, 3.05) is 5.32 Å². The maximum absolute atomic E-state index is 10.9. The van der Waals surface area contributed by atoms with Crippen molar-refractivity contribution in [2.24, 2.45) is 5.92 Å². The molecule has 0 atom stereocenters. The molecule has 1 aromatic carbocycles. The van der Waals surface area contributed by atoms with Gasteiger partial charge < -0.3 is 5.32 Å². The molecule has 1 N–H and O–H groups in total. The molecule has 0 spiro atoms. The molecule has 1 aliphatic rings. The second-order valence-corrected chi connectivity index (χ2v) is 5.04. The quantitative estimate of drug-likeness (QED) is 0.647. The summed E-state index contributed by atoms with van der Waals surface area (Å²) in [6, 6.07) is 7.28. The molecule has 0 aromatic heterocycles. The highest BCUT2D eigenvalue weighted by Gasteiger charge is 2.22. The molecule has 4 nitrogen and oxygen atoms in total. The van der Waals surface area contributed by atoms with Crippen LogP contribution in [0, 0.1) is 16.0 Å². The SMILES string of the molecule is CCC1CCC(Nc2ccccc2[N+](=O)[O-])CC1. The number of nitrogens with one attached hydrogen (secondary N) is 1. The van der Waals surface area contributed by atoms with E-state index < -0.39 is 0 Å². The summed E-state index contributed by atoms with van der Waals surface area (Å²) in [6.45, 7) is 2.24. The Kier molecular flexibility index (Phi) is 4.18. The Balaban J connectivity index is 2.00. The molecule has 0 saturated heterocycles. The maximum atomic E-state index is 10.9. The summed E-state index contributed by atoms with van der Waals surface area (Å²) in [5, 5.41) is 14.3. The molecule has 0 radical (unpaired) electrons. The fourth-order valence-electron chi connectivity index (χ4n) is 2.69. The van der Waals surface area contributed by atoms with Crippen LogP contribution in [0.15, 0.2) is 24.3 Å². The van der Waals surface area contributed by atoms with Gasteiger partial charge in [0.1, 0.15) is 5.69 Å². The highest BCUT2D eigenvalue weighted by atomic mass is 16.6. The molecular weight excluding hydrogens is 228 g/mol. The third-order valence-electron chi connectivity index (χ3n) is 3.88. The van der Waals surface area contributed by atoms with Crippen LogP contribution >= 0.6 is 0 Å². The Morgan fingerprint density at radius 3 is 2.56 bits per heavy atom. The van der Waals surface area contributed by atoms with E-state index in [0.29, 0.717) is 11.7 Å². The van der Waals surface area contributed by atoms with E-state index in [1.165, 1.54) is 19.3 Å². The Bertz CT molecular complexity index is 412. The molecule has 18 heavy (non-hydrogen) atoms. The van der Waals surface area contributed by atoms with Crippen molar-refractivity contribution >= 4 is 11.4 Å². The molecule has 0 heterocycles. The summed E-state index contributed by atoms with van der Waals surface area (Å²) < 4.78 is 0. The summed E-state index contributed by atoms with van der Waals surface area (Å²) in [6.07, 6.45) is 5.94. The van der Waals surface area contributed by atoms with Gasteiger partial charge in [0.25, 0.3) is 5.69 Å². The van der Waals surface area contributed by atoms with Crippen molar-refractivity contribution < 1.29 is 4.92 Å². The van der Waals surface area contributed by atoms with Crippen LogP contribution in [0.2, 0.25) is 0 Å². The molecule has 1 fully saturated rings. The molecule has 0 aliphatic heterocycles. The largest absolute Gasteiger partial charge is 0.377 e. The van der Waals surface area contributed by atoms with Crippen molar-refractivity contribution in [1.82, 2.24) is 0 Å². The summed E-state index contributed by atoms with van der Waals surface area (Å²) in [4.78, 5) is 10.6. The highest BCUT2D eigenvalue weighted by molar-refractivity contribution is 5.61. The molecule has 1 saturated carbocycles. The summed E-state index contributed by atoms with van der Waals surface area (Å²) in [7, 11) is 0. The van der Waals surface area contributed by atoms with E-state index in [-0.39, 0.29) is 10.6 Å². The molecule has 0 unspecified atom stereocenters. The van der Waals surface area contributed by atoms with Crippen LogP contribution in [0.1, 0.15) is 39.0 Å². The van der Waals surface area contributed by atoms with E-state index in [0.717, 1.165) is 18.8 Å². The van der Waals surface area contributed by atoms with Crippen molar-refractivity contribution in [2.45, 2.75) is 45.1 Å². The standard InChI is InChI=1S/C14H20N2O2/c1-2-11-7-9-12(10-8-11)15-13-5-3-4-6-14(13)16(17)18/h3-6,11-12,15H,2,7-10H2,1H3. The van der Waals surface area contributed by atoms with E-state index in [1.807, 2.05) is 6.07 Å². The third kappa shape index (κ3) is 3.00. The van der Waals surface area contributed by atoms with Crippen LogP contribution in [0.25, 0.3) is 0 Å². The van der Waals surface area contributed by atoms with Gasteiger partial charge in [-0.25, -0.2) is 0 Å². The van der Waals surface area contributed by atoms with Crippen LogP contribution in [0.3, 0.4) is 0 Å². The van der Waals surface area contributed by atoms with Gasteiger partial charge in [0.15, 0.2) is 0 Å². The van der Waals surface area contributed by atoms with Gasteiger partial charge >= 0.3 is 0 Å². The smallest absolute Gasteiger partial charge is 0.292 e. The van der Waals surface area contributed by atoms with Crippen LogP contribution < -0.4 is 5.32 Å². The minimum atomic E-state index is -0.319. The zero-order valence-corrected chi connectivity index (χ0v) is 10.8. The average Bonchev–Trinajstić information content (AvgIpc) is 2.40.